The Morgan fingerprint density at radius 2 is 1.97 bits per heavy atom. The molecule has 1 aliphatic carbocycles. The van der Waals surface area contributed by atoms with Crippen LogP contribution in [-0.4, -0.2) is 55.3 Å². The van der Waals surface area contributed by atoms with Gasteiger partial charge in [-0.3, -0.25) is 9.36 Å². The summed E-state index contributed by atoms with van der Waals surface area (Å²) < 4.78 is 32.2. The third kappa shape index (κ3) is 6.74. The molecule has 0 spiro atoms. The van der Waals surface area contributed by atoms with Crippen LogP contribution in [0.4, 0.5) is 5.82 Å². The molecule has 0 radical (unpaired) electrons. The minimum Gasteiger partial charge on any atom is -0.462 e. The lowest BCUT2D eigenvalue weighted by Crippen LogP contribution is -2.47. The molecular weight excluding hydrogens is 461 g/mol. The van der Waals surface area contributed by atoms with Crippen molar-refractivity contribution in [1.82, 2.24) is 24.6 Å². The van der Waals surface area contributed by atoms with Gasteiger partial charge in [0, 0.05) is 0 Å². The third-order valence-corrected chi connectivity index (χ3v) is 6.93. The molecule has 1 aliphatic rings. The number of oxime groups is 1. The summed E-state index contributed by atoms with van der Waals surface area (Å²) >= 11 is 0. The predicted molar refractivity (Wildman–Crippen MR) is 128 cm³/mol. The van der Waals surface area contributed by atoms with Crippen molar-refractivity contribution in [3.05, 3.63) is 12.7 Å². The molecule has 0 aliphatic heterocycles. The van der Waals surface area contributed by atoms with Crippen molar-refractivity contribution in [1.29, 1.82) is 0 Å². The fourth-order valence-corrected chi connectivity index (χ4v) is 5.29. The Bertz CT molecular complexity index is 1080. The lowest BCUT2D eigenvalue weighted by Gasteiger charge is -2.29. The van der Waals surface area contributed by atoms with E-state index in [1.54, 1.807) is 38.6 Å². The summed E-state index contributed by atoms with van der Waals surface area (Å²) in [5.41, 5.74) is 6.49. The quantitative estimate of drug-likeness (QED) is 0.269. The van der Waals surface area contributed by atoms with Gasteiger partial charge < -0.3 is 24.4 Å². The highest BCUT2D eigenvalue weighted by Gasteiger charge is 2.40. The van der Waals surface area contributed by atoms with Crippen LogP contribution in [0.15, 0.2) is 17.8 Å². The van der Waals surface area contributed by atoms with Crippen molar-refractivity contribution in [3.8, 4) is 0 Å². The lowest BCUT2D eigenvalue weighted by molar-refractivity contribution is -0.153. The zero-order valence-corrected chi connectivity index (χ0v) is 21.2. The van der Waals surface area contributed by atoms with E-state index in [2.05, 4.69) is 25.2 Å². The maximum atomic E-state index is 13.7. The Kier molecular flexibility index (Phi) is 8.27. The Hall–Kier alpha value is -2.56. The highest BCUT2D eigenvalue weighted by atomic mass is 31.2. The SMILES string of the molecule is CC(C)OC(=O)C(C)(C)N[P@@](=O)(COC(C)Cn1cnc2c(N)ncnc21)ON=C1CCCC1. The van der Waals surface area contributed by atoms with Crippen LogP contribution in [-0.2, 0) is 30.0 Å². The number of nitrogens with two attached hydrogens (primary N) is 1. The topological polar surface area (TPSA) is 156 Å². The van der Waals surface area contributed by atoms with Gasteiger partial charge in [0.25, 0.3) is 0 Å². The number of anilines is 1. The predicted octanol–water partition coefficient (Wildman–Crippen LogP) is 3.23. The summed E-state index contributed by atoms with van der Waals surface area (Å²) in [6.07, 6.45) is 5.61. The second-order valence-electron chi connectivity index (χ2n) is 9.24. The normalized spacial score (nSPS) is 17.1. The van der Waals surface area contributed by atoms with Crippen LogP contribution in [0.3, 0.4) is 0 Å². The van der Waals surface area contributed by atoms with E-state index in [1.165, 1.54) is 6.33 Å². The van der Waals surface area contributed by atoms with Crippen molar-refractivity contribution < 1.29 is 23.5 Å². The average Bonchev–Trinajstić information content (AvgIpc) is 3.41. The Morgan fingerprint density at radius 3 is 2.65 bits per heavy atom. The first kappa shape index (κ1) is 26.1. The molecule has 2 atom stereocenters. The molecule has 3 N–H and O–H groups in total. The standard InChI is InChI=1S/C21H34N7O5P/c1-14(2)32-20(29)21(4,5)27-34(30,33-26-16-8-6-7-9-16)13-31-15(3)10-28-12-25-17-18(22)23-11-24-19(17)28/h11-12,14-15H,6-10,13H2,1-5H3,(H,27,30)(H2,22,23,24)/t15?,34-/m1/s1. The van der Waals surface area contributed by atoms with E-state index in [9.17, 15) is 9.36 Å². The van der Waals surface area contributed by atoms with Gasteiger partial charge in [-0.05, 0) is 60.3 Å². The summed E-state index contributed by atoms with van der Waals surface area (Å²) in [4.78, 5) is 24.9. The molecule has 13 heteroatoms. The number of nitrogen functional groups attached to an aromatic ring is 1. The molecule has 2 heterocycles. The molecule has 1 fully saturated rings. The Labute approximate surface area is 199 Å². The molecule has 1 unspecified atom stereocenters. The number of carbonyl (C=O) groups is 1. The van der Waals surface area contributed by atoms with Gasteiger partial charge in [0.1, 0.15) is 23.7 Å². The highest BCUT2D eigenvalue weighted by Crippen LogP contribution is 2.46. The van der Waals surface area contributed by atoms with Gasteiger partial charge in [-0.25, -0.2) is 20.0 Å². The molecule has 0 saturated heterocycles. The molecule has 2 aromatic heterocycles. The Balaban J connectivity index is 1.70. The molecule has 0 aromatic carbocycles. The summed E-state index contributed by atoms with van der Waals surface area (Å²) in [7, 11) is -3.72. The molecule has 188 valence electrons. The number of fused-ring (bicyclic) bond motifs is 1. The number of hydrogen-bond donors (Lipinski definition) is 2. The first-order valence-corrected chi connectivity index (χ1v) is 13.2. The van der Waals surface area contributed by atoms with Crippen molar-refractivity contribution >= 4 is 36.2 Å². The minimum absolute atomic E-state index is 0.293. The fraction of sp³-hybridized carbons (Fsp3) is 0.667. The van der Waals surface area contributed by atoms with Crippen LogP contribution in [0.1, 0.15) is 60.3 Å². The molecule has 2 aromatic rings. The molecule has 12 nitrogen and oxygen atoms in total. The van der Waals surface area contributed by atoms with E-state index >= 15 is 0 Å². The number of carbonyl (C=O) groups excluding carboxylic acids is 1. The minimum atomic E-state index is -3.72. The molecule has 0 bridgehead atoms. The van der Waals surface area contributed by atoms with Gasteiger partial charge in [0.15, 0.2) is 11.5 Å². The molecular formula is C21H34N7O5P. The van der Waals surface area contributed by atoms with Crippen LogP contribution in [0.2, 0.25) is 0 Å². The smallest absolute Gasteiger partial charge is 0.365 e. The second-order valence-corrected chi connectivity index (χ2v) is 11.2. The maximum absolute atomic E-state index is 13.7. The second kappa shape index (κ2) is 10.8. The molecule has 34 heavy (non-hydrogen) atoms. The molecule has 1 saturated carbocycles. The number of nitrogens with one attached hydrogen (secondary N) is 1. The van der Waals surface area contributed by atoms with Gasteiger partial charge in [0.2, 0.25) is 0 Å². The summed E-state index contributed by atoms with van der Waals surface area (Å²) in [6, 6.07) is 0. The monoisotopic (exact) mass is 495 g/mol. The maximum Gasteiger partial charge on any atom is 0.365 e. The van der Waals surface area contributed by atoms with E-state index in [0.29, 0.717) is 23.5 Å². The van der Waals surface area contributed by atoms with Gasteiger partial charge in [-0.1, -0.05) is 5.16 Å². The first-order chi connectivity index (χ1) is 16.0. The van der Waals surface area contributed by atoms with E-state index in [1.807, 2.05) is 6.92 Å². The van der Waals surface area contributed by atoms with E-state index in [4.69, 9.17) is 19.8 Å². The fourth-order valence-electron chi connectivity index (χ4n) is 3.49. The van der Waals surface area contributed by atoms with Crippen LogP contribution >= 0.6 is 7.52 Å². The Morgan fingerprint density at radius 1 is 1.26 bits per heavy atom. The molecule has 0 amide bonds. The number of esters is 1. The van der Waals surface area contributed by atoms with Crippen LogP contribution in [0.25, 0.3) is 11.2 Å². The zero-order chi connectivity index (χ0) is 24.9. The van der Waals surface area contributed by atoms with E-state index in [0.717, 1.165) is 31.4 Å². The number of nitrogens with zero attached hydrogens (tertiary/aromatic N) is 5. The van der Waals surface area contributed by atoms with Gasteiger partial charge >= 0.3 is 13.5 Å². The van der Waals surface area contributed by atoms with Crippen molar-refractivity contribution in [2.24, 2.45) is 5.16 Å². The van der Waals surface area contributed by atoms with Crippen LogP contribution in [0.5, 0.6) is 0 Å². The largest absolute Gasteiger partial charge is 0.462 e. The summed E-state index contributed by atoms with van der Waals surface area (Å²) in [5, 5.41) is 6.94. The van der Waals surface area contributed by atoms with Crippen molar-refractivity contribution in [2.75, 3.05) is 12.1 Å². The van der Waals surface area contributed by atoms with Gasteiger partial charge in [0.05, 0.1) is 30.8 Å². The molecule has 3 rings (SSSR count). The number of imidazole rings is 1. The average molecular weight is 496 g/mol. The number of hydrogen-bond acceptors (Lipinski definition) is 10. The number of ether oxygens (including phenoxy) is 2. The van der Waals surface area contributed by atoms with E-state index < -0.39 is 25.1 Å². The third-order valence-electron chi connectivity index (χ3n) is 5.20. The highest BCUT2D eigenvalue weighted by molar-refractivity contribution is 7.56. The van der Waals surface area contributed by atoms with Crippen LogP contribution in [0, 0.1) is 0 Å². The van der Waals surface area contributed by atoms with Crippen LogP contribution < -0.4 is 10.8 Å². The van der Waals surface area contributed by atoms with Crippen molar-refractivity contribution in [3.63, 3.8) is 0 Å². The number of aromatic nitrogens is 4. The lowest BCUT2D eigenvalue weighted by atomic mass is 10.1. The number of rotatable bonds is 11. The van der Waals surface area contributed by atoms with E-state index in [-0.39, 0.29) is 12.5 Å². The first-order valence-electron chi connectivity index (χ1n) is 11.4. The summed E-state index contributed by atoms with van der Waals surface area (Å²) in [5.74, 6) is -0.254. The summed E-state index contributed by atoms with van der Waals surface area (Å²) in [6.45, 7) is 8.86. The zero-order valence-electron chi connectivity index (χ0n) is 20.4. The van der Waals surface area contributed by atoms with Gasteiger partial charge in [-0.2, -0.15) is 0 Å². The van der Waals surface area contributed by atoms with Gasteiger partial charge in [-0.15, -0.1) is 0 Å². The van der Waals surface area contributed by atoms with Crippen molar-refractivity contribution in [2.45, 2.75) is 84.6 Å².